The Morgan fingerprint density at radius 2 is 2.09 bits per heavy atom. The summed E-state index contributed by atoms with van der Waals surface area (Å²) in [7, 11) is 0. The lowest BCUT2D eigenvalue weighted by atomic mass is 10.1. The Kier molecular flexibility index (Phi) is 5.14. The lowest BCUT2D eigenvalue weighted by Crippen LogP contribution is -2.14. The number of para-hydroxylation sites is 1. The minimum absolute atomic E-state index is 0.00159. The van der Waals surface area contributed by atoms with Crippen LogP contribution in [0.4, 0.5) is 10.1 Å². The molecule has 1 amide bonds. The molecule has 2 N–H and O–H groups in total. The number of hydrogen-bond donors (Lipinski definition) is 2. The van der Waals surface area contributed by atoms with E-state index in [2.05, 4.69) is 21.2 Å². The number of phenols is 1. The van der Waals surface area contributed by atoms with E-state index in [1.165, 1.54) is 24.3 Å². The maximum Gasteiger partial charge on any atom is 0.266 e. The Bertz CT molecular complexity index is 818. The van der Waals surface area contributed by atoms with Crippen molar-refractivity contribution in [3.05, 3.63) is 63.4 Å². The van der Waals surface area contributed by atoms with E-state index in [-0.39, 0.29) is 17.0 Å². The molecule has 0 radical (unpaired) electrons. The summed E-state index contributed by atoms with van der Waals surface area (Å²) < 4.78 is 14.0. The van der Waals surface area contributed by atoms with Crippen LogP contribution in [0.3, 0.4) is 0 Å². The van der Waals surface area contributed by atoms with Crippen LogP contribution >= 0.6 is 15.9 Å². The molecule has 0 heterocycles. The van der Waals surface area contributed by atoms with Gasteiger partial charge < -0.3 is 10.4 Å². The number of aromatic hydroxyl groups is 1. The van der Waals surface area contributed by atoms with Gasteiger partial charge in [-0.25, -0.2) is 4.39 Å². The van der Waals surface area contributed by atoms with Crippen LogP contribution in [0.5, 0.6) is 5.75 Å². The largest absolute Gasteiger partial charge is 0.506 e. The number of carbonyl (C=O) groups is 1. The van der Waals surface area contributed by atoms with Crippen LogP contribution in [0.25, 0.3) is 6.08 Å². The molecular weight excluding hydrogens is 363 g/mol. The number of rotatable bonds is 3. The number of hydrogen-bond acceptors (Lipinski definition) is 3. The maximum absolute atomic E-state index is 13.5. The molecule has 0 aliphatic carbocycles. The molecule has 2 aromatic rings. The number of halogens is 2. The molecule has 0 spiro atoms. The molecule has 0 saturated carbocycles. The van der Waals surface area contributed by atoms with Gasteiger partial charge in [0.05, 0.1) is 10.2 Å². The minimum Gasteiger partial charge on any atom is -0.506 e. The van der Waals surface area contributed by atoms with Crippen molar-refractivity contribution in [3.63, 3.8) is 0 Å². The lowest BCUT2D eigenvalue weighted by molar-refractivity contribution is -0.112. The average molecular weight is 375 g/mol. The second-order valence-electron chi connectivity index (χ2n) is 4.77. The normalized spacial score (nSPS) is 11.0. The standard InChI is InChI=1S/C17H12BrFN2O2/c1-10-6-11(8-13(18)16(10)22)7-12(9-20)17(23)21-15-5-3-2-4-14(15)19/h2-8,22H,1H3,(H,21,23)/b12-7+. The highest BCUT2D eigenvalue weighted by molar-refractivity contribution is 9.10. The summed E-state index contributed by atoms with van der Waals surface area (Å²) in [4.78, 5) is 12.1. The molecule has 2 rings (SSSR count). The Labute approximate surface area is 141 Å². The molecular formula is C17H12BrFN2O2. The fourth-order valence-electron chi connectivity index (χ4n) is 1.91. The van der Waals surface area contributed by atoms with Gasteiger partial charge in [0.25, 0.3) is 5.91 Å². The first-order valence-corrected chi connectivity index (χ1v) is 7.38. The highest BCUT2D eigenvalue weighted by atomic mass is 79.9. The molecule has 4 nitrogen and oxygen atoms in total. The van der Waals surface area contributed by atoms with Gasteiger partial charge in [-0.05, 0) is 64.3 Å². The molecule has 6 heteroatoms. The number of carbonyl (C=O) groups excluding carboxylic acids is 1. The Hall–Kier alpha value is -2.65. The highest BCUT2D eigenvalue weighted by Gasteiger charge is 2.12. The predicted octanol–water partition coefficient (Wildman–Crippen LogP) is 4.15. The van der Waals surface area contributed by atoms with Crippen molar-refractivity contribution in [2.24, 2.45) is 0 Å². The SMILES string of the molecule is Cc1cc(/C=C(\C#N)C(=O)Nc2ccccc2F)cc(Br)c1O. The third-order valence-corrected chi connectivity index (χ3v) is 3.68. The van der Waals surface area contributed by atoms with Gasteiger partial charge in [0.1, 0.15) is 23.2 Å². The van der Waals surface area contributed by atoms with E-state index < -0.39 is 11.7 Å². The van der Waals surface area contributed by atoms with Gasteiger partial charge in [0, 0.05) is 0 Å². The third-order valence-electron chi connectivity index (χ3n) is 3.07. The molecule has 0 aliphatic rings. The van der Waals surface area contributed by atoms with E-state index in [0.29, 0.717) is 15.6 Å². The molecule has 0 aromatic heterocycles. The summed E-state index contributed by atoms with van der Waals surface area (Å²) >= 11 is 3.20. The van der Waals surface area contributed by atoms with Gasteiger partial charge in [-0.2, -0.15) is 5.26 Å². The van der Waals surface area contributed by atoms with Gasteiger partial charge >= 0.3 is 0 Å². The topological polar surface area (TPSA) is 73.1 Å². The summed E-state index contributed by atoms with van der Waals surface area (Å²) in [6.07, 6.45) is 1.37. The van der Waals surface area contributed by atoms with E-state index in [9.17, 15) is 14.3 Å². The third kappa shape index (κ3) is 3.96. The second kappa shape index (κ2) is 7.07. The first kappa shape index (κ1) is 16.7. The van der Waals surface area contributed by atoms with Crippen molar-refractivity contribution in [2.75, 3.05) is 5.32 Å². The lowest BCUT2D eigenvalue weighted by Gasteiger charge is -2.06. The predicted molar refractivity (Wildman–Crippen MR) is 89.2 cm³/mol. The maximum atomic E-state index is 13.5. The van der Waals surface area contributed by atoms with Crippen LogP contribution in [-0.4, -0.2) is 11.0 Å². The monoisotopic (exact) mass is 374 g/mol. The van der Waals surface area contributed by atoms with Crippen molar-refractivity contribution in [3.8, 4) is 11.8 Å². The molecule has 0 bridgehead atoms. The van der Waals surface area contributed by atoms with Gasteiger partial charge in [0.2, 0.25) is 0 Å². The van der Waals surface area contributed by atoms with E-state index in [4.69, 9.17) is 5.26 Å². The summed E-state index contributed by atoms with van der Waals surface area (Å²) in [5.74, 6) is -1.20. The number of nitriles is 1. The molecule has 0 atom stereocenters. The van der Waals surface area contributed by atoms with E-state index in [1.807, 2.05) is 0 Å². The molecule has 2 aromatic carbocycles. The Balaban J connectivity index is 2.31. The zero-order valence-electron chi connectivity index (χ0n) is 12.1. The minimum atomic E-state index is -0.709. The van der Waals surface area contributed by atoms with Crippen LogP contribution in [0.15, 0.2) is 46.4 Å². The summed E-state index contributed by atoms with van der Waals surface area (Å²) in [6, 6.07) is 10.7. The highest BCUT2D eigenvalue weighted by Crippen LogP contribution is 2.29. The molecule has 0 fully saturated rings. The van der Waals surface area contributed by atoms with Gasteiger partial charge in [-0.3, -0.25) is 4.79 Å². The van der Waals surface area contributed by atoms with E-state index in [1.54, 1.807) is 31.2 Å². The number of aryl methyl sites for hydroxylation is 1. The number of nitrogens with one attached hydrogen (secondary N) is 1. The van der Waals surface area contributed by atoms with Gasteiger partial charge in [-0.1, -0.05) is 12.1 Å². The fraction of sp³-hybridized carbons (Fsp3) is 0.0588. The van der Waals surface area contributed by atoms with Gasteiger partial charge in [0.15, 0.2) is 0 Å². The number of amides is 1. The van der Waals surface area contributed by atoms with Crippen LogP contribution in [0.1, 0.15) is 11.1 Å². The second-order valence-corrected chi connectivity index (χ2v) is 5.63. The first-order chi connectivity index (χ1) is 10.9. The smallest absolute Gasteiger partial charge is 0.266 e. The van der Waals surface area contributed by atoms with Crippen LogP contribution in [0, 0.1) is 24.1 Å². The molecule has 0 saturated heterocycles. The summed E-state index contributed by atoms with van der Waals surface area (Å²) in [6.45, 7) is 1.70. The average Bonchev–Trinajstić information content (AvgIpc) is 2.52. The molecule has 23 heavy (non-hydrogen) atoms. The van der Waals surface area contributed by atoms with Crippen LogP contribution in [0.2, 0.25) is 0 Å². The zero-order valence-corrected chi connectivity index (χ0v) is 13.7. The van der Waals surface area contributed by atoms with E-state index >= 15 is 0 Å². The number of nitrogens with zero attached hydrogens (tertiary/aromatic N) is 1. The summed E-state index contributed by atoms with van der Waals surface area (Å²) in [5, 5.41) is 21.2. The molecule has 116 valence electrons. The van der Waals surface area contributed by atoms with Crippen LogP contribution < -0.4 is 5.32 Å². The molecule has 0 unspecified atom stereocenters. The molecule has 0 aliphatic heterocycles. The van der Waals surface area contributed by atoms with Crippen molar-refractivity contribution < 1.29 is 14.3 Å². The number of phenolic OH excluding ortho intramolecular Hbond substituents is 1. The van der Waals surface area contributed by atoms with Crippen molar-refractivity contribution >= 4 is 33.6 Å². The number of benzene rings is 2. The van der Waals surface area contributed by atoms with Crippen molar-refractivity contribution in [2.45, 2.75) is 6.92 Å². The van der Waals surface area contributed by atoms with Gasteiger partial charge in [-0.15, -0.1) is 0 Å². The zero-order chi connectivity index (χ0) is 17.0. The van der Waals surface area contributed by atoms with Crippen LogP contribution in [-0.2, 0) is 4.79 Å². The van der Waals surface area contributed by atoms with E-state index in [0.717, 1.165) is 0 Å². The fourth-order valence-corrected chi connectivity index (χ4v) is 2.49. The number of anilines is 1. The Morgan fingerprint density at radius 1 is 1.39 bits per heavy atom. The first-order valence-electron chi connectivity index (χ1n) is 6.59. The quantitative estimate of drug-likeness (QED) is 0.625. The Morgan fingerprint density at radius 3 is 2.70 bits per heavy atom. The summed E-state index contributed by atoms with van der Waals surface area (Å²) in [5.41, 5.74) is 0.983. The van der Waals surface area contributed by atoms with Crippen molar-refractivity contribution in [1.29, 1.82) is 5.26 Å². The van der Waals surface area contributed by atoms with Crippen molar-refractivity contribution in [1.82, 2.24) is 0 Å².